The Morgan fingerprint density at radius 2 is 2.22 bits per heavy atom. The second-order valence-corrected chi connectivity index (χ2v) is 6.32. The normalized spacial score (nSPS) is 18.9. The zero-order valence-electron chi connectivity index (χ0n) is 13.5. The first kappa shape index (κ1) is 14.5. The molecule has 1 saturated heterocycles. The molecule has 1 fully saturated rings. The molecule has 0 spiro atoms. The van der Waals surface area contributed by atoms with Crippen LogP contribution in [0.15, 0.2) is 41.1 Å². The molecule has 3 aromatic rings. The van der Waals surface area contributed by atoms with Gasteiger partial charge in [0.2, 0.25) is 0 Å². The lowest BCUT2D eigenvalue weighted by molar-refractivity contribution is 0.252. The Morgan fingerprint density at radius 3 is 3.04 bits per heavy atom. The lowest BCUT2D eigenvalue weighted by Gasteiger charge is -2.23. The third kappa shape index (κ3) is 3.01. The highest BCUT2D eigenvalue weighted by atomic mass is 16.3. The third-order valence-corrected chi connectivity index (χ3v) is 4.65. The van der Waals surface area contributed by atoms with E-state index in [-0.39, 0.29) is 0 Å². The van der Waals surface area contributed by atoms with Crippen molar-refractivity contribution in [1.82, 2.24) is 19.7 Å². The highest BCUT2D eigenvalue weighted by molar-refractivity contribution is 5.72. The first-order valence-corrected chi connectivity index (χ1v) is 8.36. The molecule has 23 heavy (non-hydrogen) atoms. The third-order valence-electron chi connectivity index (χ3n) is 4.65. The van der Waals surface area contributed by atoms with E-state index in [2.05, 4.69) is 21.2 Å². The number of fused-ring (bicyclic) bond motifs is 1. The number of oxazole rings is 1. The monoisotopic (exact) mass is 310 g/mol. The maximum atomic E-state index is 5.80. The molecule has 120 valence electrons. The Morgan fingerprint density at radius 1 is 1.30 bits per heavy atom. The van der Waals surface area contributed by atoms with Crippen LogP contribution in [0.2, 0.25) is 0 Å². The highest BCUT2D eigenvalue weighted by Crippen LogP contribution is 2.31. The second kappa shape index (κ2) is 6.16. The van der Waals surface area contributed by atoms with Gasteiger partial charge in [0.25, 0.3) is 0 Å². The Bertz CT molecular complexity index is 758. The van der Waals surface area contributed by atoms with E-state index in [1.807, 2.05) is 42.2 Å². The van der Waals surface area contributed by atoms with Gasteiger partial charge in [-0.25, -0.2) is 4.98 Å². The molecule has 4 rings (SSSR count). The zero-order valence-corrected chi connectivity index (χ0v) is 13.5. The van der Waals surface area contributed by atoms with Gasteiger partial charge in [0.15, 0.2) is 11.5 Å². The number of nitrogens with zero attached hydrogens (tertiary/aromatic N) is 4. The molecule has 0 saturated carbocycles. The highest BCUT2D eigenvalue weighted by Gasteiger charge is 2.26. The number of rotatable bonds is 5. The number of para-hydroxylation sites is 2. The summed E-state index contributed by atoms with van der Waals surface area (Å²) in [7, 11) is 1.98. The van der Waals surface area contributed by atoms with Gasteiger partial charge in [-0.3, -0.25) is 9.58 Å². The quantitative estimate of drug-likeness (QED) is 0.725. The maximum Gasteiger partial charge on any atom is 0.195 e. The molecular weight excluding hydrogens is 288 g/mol. The Hall–Kier alpha value is -2.14. The molecule has 5 heteroatoms. The fourth-order valence-electron chi connectivity index (χ4n) is 3.54. The summed E-state index contributed by atoms with van der Waals surface area (Å²) in [6.45, 7) is 2.26. The molecular formula is C18H22N4O. The molecule has 5 nitrogen and oxygen atoms in total. The van der Waals surface area contributed by atoms with E-state index in [1.54, 1.807) is 0 Å². The van der Waals surface area contributed by atoms with E-state index in [1.165, 1.54) is 24.9 Å². The van der Waals surface area contributed by atoms with Gasteiger partial charge in [-0.1, -0.05) is 12.1 Å². The van der Waals surface area contributed by atoms with Crippen molar-refractivity contribution >= 4 is 11.1 Å². The van der Waals surface area contributed by atoms with Crippen molar-refractivity contribution < 1.29 is 4.42 Å². The van der Waals surface area contributed by atoms with Crippen molar-refractivity contribution in [2.45, 2.75) is 31.7 Å². The van der Waals surface area contributed by atoms with Crippen LogP contribution in [0.1, 0.15) is 36.8 Å². The van der Waals surface area contributed by atoms with Gasteiger partial charge in [-0.15, -0.1) is 0 Å². The summed E-state index contributed by atoms with van der Waals surface area (Å²) in [5, 5.41) is 4.31. The Kier molecular flexibility index (Phi) is 3.87. The van der Waals surface area contributed by atoms with E-state index < -0.39 is 0 Å². The number of hydrogen-bond acceptors (Lipinski definition) is 4. The smallest absolute Gasteiger partial charge is 0.195 e. The van der Waals surface area contributed by atoms with Crippen LogP contribution >= 0.6 is 0 Å². The topological polar surface area (TPSA) is 47.1 Å². The molecule has 0 unspecified atom stereocenters. The van der Waals surface area contributed by atoms with Crippen LogP contribution in [0.5, 0.6) is 0 Å². The van der Waals surface area contributed by atoms with Crippen LogP contribution < -0.4 is 0 Å². The van der Waals surface area contributed by atoms with Gasteiger partial charge >= 0.3 is 0 Å². The number of benzene rings is 1. The SMILES string of the molecule is Cn1cc([C@H]2CCCN2CCCc2nc3ccccc3o2)cn1. The first-order valence-electron chi connectivity index (χ1n) is 8.36. The van der Waals surface area contributed by atoms with E-state index in [0.717, 1.165) is 36.4 Å². The number of hydrogen-bond donors (Lipinski definition) is 0. The number of aryl methyl sites for hydroxylation is 2. The average Bonchev–Trinajstić information content (AvgIpc) is 3.25. The molecule has 0 N–H and O–H groups in total. The van der Waals surface area contributed by atoms with E-state index >= 15 is 0 Å². The van der Waals surface area contributed by atoms with Gasteiger partial charge in [0, 0.05) is 31.3 Å². The van der Waals surface area contributed by atoms with Crippen LogP contribution in [-0.4, -0.2) is 32.8 Å². The number of aromatic nitrogens is 3. The summed E-state index contributed by atoms with van der Waals surface area (Å²) in [6, 6.07) is 8.48. The molecule has 0 bridgehead atoms. The number of likely N-dealkylation sites (tertiary alicyclic amines) is 1. The van der Waals surface area contributed by atoms with Crippen molar-refractivity contribution in [3.63, 3.8) is 0 Å². The summed E-state index contributed by atoms with van der Waals surface area (Å²) < 4.78 is 7.70. The van der Waals surface area contributed by atoms with Gasteiger partial charge < -0.3 is 4.42 Å². The van der Waals surface area contributed by atoms with E-state index in [4.69, 9.17) is 4.42 Å². The molecule has 2 aromatic heterocycles. The lowest BCUT2D eigenvalue weighted by atomic mass is 10.1. The molecule has 1 atom stereocenters. The van der Waals surface area contributed by atoms with Crippen LogP contribution in [0.3, 0.4) is 0 Å². The predicted molar refractivity (Wildman–Crippen MR) is 89.1 cm³/mol. The molecule has 3 heterocycles. The second-order valence-electron chi connectivity index (χ2n) is 6.32. The summed E-state index contributed by atoms with van der Waals surface area (Å²) >= 11 is 0. The van der Waals surface area contributed by atoms with Crippen molar-refractivity contribution in [3.8, 4) is 0 Å². The fourth-order valence-corrected chi connectivity index (χ4v) is 3.54. The Labute approximate surface area is 135 Å². The minimum atomic E-state index is 0.521. The van der Waals surface area contributed by atoms with Gasteiger partial charge in [0.1, 0.15) is 5.52 Å². The maximum absolute atomic E-state index is 5.80. The summed E-state index contributed by atoms with van der Waals surface area (Å²) in [5.74, 6) is 0.850. The fraction of sp³-hybridized carbons (Fsp3) is 0.444. The predicted octanol–water partition coefficient (Wildman–Crippen LogP) is 3.33. The summed E-state index contributed by atoms with van der Waals surface area (Å²) in [4.78, 5) is 7.13. The molecule has 0 radical (unpaired) electrons. The zero-order chi connectivity index (χ0) is 15.6. The molecule has 1 aliphatic rings. The van der Waals surface area contributed by atoms with E-state index in [9.17, 15) is 0 Å². The molecule has 1 aliphatic heterocycles. The molecule has 1 aromatic carbocycles. The standard InChI is InChI=1S/C18H22N4O/c1-21-13-14(12-19-21)16-7-4-10-22(16)11-5-9-18-20-15-6-2-3-8-17(15)23-18/h2-3,6,8,12-13,16H,4-5,7,9-11H2,1H3/t16-/m1/s1. The largest absolute Gasteiger partial charge is 0.441 e. The van der Waals surface area contributed by atoms with Crippen molar-refractivity contribution in [2.24, 2.45) is 7.05 Å². The Balaban J connectivity index is 1.36. The van der Waals surface area contributed by atoms with Crippen molar-refractivity contribution in [1.29, 1.82) is 0 Å². The van der Waals surface area contributed by atoms with E-state index in [0.29, 0.717) is 6.04 Å². The minimum absolute atomic E-state index is 0.521. The lowest BCUT2D eigenvalue weighted by Crippen LogP contribution is -2.24. The van der Waals surface area contributed by atoms with Crippen LogP contribution in [0.25, 0.3) is 11.1 Å². The van der Waals surface area contributed by atoms with Crippen molar-refractivity contribution in [2.75, 3.05) is 13.1 Å². The van der Waals surface area contributed by atoms with Gasteiger partial charge in [-0.05, 0) is 44.5 Å². The van der Waals surface area contributed by atoms with Crippen molar-refractivity contribution in [3.05, 3.63) is 48.1 Å². The average molecular weight is 310 g/mol. The first-order chi connectivity index (χ1) is 11.3. The van der Waals surface area contributed by atoms with Crippen LogP contribution in [0.4, 0.5) is 0 Å². The minimum Gasteiger partial charge on any atom is -0.441 e. The molecule has 0 amide bonds. The summed E-state index contributed by atoms with van der Waals surface area (Å²) in [6.07, 6.45) is 8.61. The van der Waals surface area contributed by atoms with Crippen LogP contribution in [-0.2, 0) is 13.5 Å². The summed E-state index contributed by atoms with van der Waals surface area (Å²) in [5.41, 5.74) is 3.18. The molecule has 0 aliphatic carbocycles. The van der Waals surface area contributed by atoms with Gasteiger partial charge in [-0.2, -0.15) is 5.10 Å². The van der Waals surface area contributed by atoms with Gasteiger partial charge in [0.05, 0.1) is 6.20 Å². The van der Waals surface area contributed by atoms with Crippen LogP contribution in [0, 0.1) is 0 Å².